The van der Waals surface area contributed by atoms with Gasteiger partial charge in [0, 0.05) is 67.4 Å². The van der Waals surface area contributed by atoms with Crippen LogP contribution in [0.15, 0.2) is 84.4 Å². The van der Waals surface area contributed by atoms with Crippen LogP contribution in [0.5, 0.6) is 0 Å². The molecule has 0 bridgehead atoms. The van der Waals surface area contributed by atoms with Gasteiger partial charge in [-0.1, -0.05) is 76.6 Å². The molecule has 0 fully saturated rings. The van der Waals surface area contributed by atoms with Crippen molar-refractivity contribution in [1.29, 1.82) is 5.26 Å². The van der Waals surface area contributed by atoms with E-state index in [2.05, 4.69) is 98.1 Å². The Morgan fingerprint density at radius 3 is 1.91 bits per heavy atom. The van der Waals surface area contributed by atoms with Crippen LogP contribution in [-0.2, 0) is 24.2 Å². The fraction of sp³-hybridized carbons (Fsp3) is 0.304. The summed E-state index contributed by atoms with van der Waals surface area (Å²) in [7, 11) is 0. The number of aliphatic carboxylic acids is 1. The molecule has 54 heavy (non-hydrogen) atoms. The van der Waals surface area contributed by atoms with Crippen LogP contribution in [0.3, 0.4) is 0 Å². The number of benzene rings is 2. The number of fused-ring (bicyclic) bond motifs is 3. The van der Waals surface area contributed by atoms with Gasteiger partial charge in [-0.2, -0.15) is 5.26 Å². The molecule has 0 saturated carbocycles. The molecule has 0 unspecified atom stereocenters. The van der Waals surface area contributed by atoms with Crippen molar-refractivity contribution in [3.05, 3.63) is 100 Å². The van der Waals surface area contributed by atoms with Crippen molar-refractivity contribution in [2.24, 2.45) is 0 Å². The summed E-state index contributed by atoms with van der Waals surface area (Å²) in [5.41, 5.74) is 6.42. The number of nitrogens with zero attached hydrogens (tertiary/aromatic N) is 2. The molecule has 0 saturated heterocycles. The summed E-state index contributed by atoms with van der Waals surface area (Å²) in [5, 5.41) is 21.4. The lowest BCUT2D eigenvalue weighted by Crippen LogP contribution is -1.96. The number of hydrogen-bond donors (Lipinski definition) is 1. The number of aryl methyl sites for hydroxylation is 3. The lowest BCUT2D eigenvalue weighted by molar-refractivity contribution is -0.132. The topological polar surface area (TPSA) is 66.0 Å². The van der Waals surface area contributed by atoms with E-state index in [1.807, 2.05) is 46.1 Å². The van der Waals surface area contributed by atoms with Gasteiger partial charge in [0.15, 0.2) is 0 Å². The highest BCUT2D eigenvalue weighted by Crippen LogP contribution is 2.48. The Morgan fingerprint density at radius 1 is 0.667 bits per heavy atom. The van der Waals surface area contributed by atoms with Crippen molar-refractivity contribution >= 4 is 79.2 Å². The Labute approximate surface area is 334 Å². The summed E-state index contributed by atoms with van der Waals surface area (Å²) in [6.45, 7) is 7.69. The van der Waals surface area contributed by atoms with E-state index < -0.39 is 5.97 Å². The molecule has 0 aliphatic carbocycles. The maximum absolute atomic E-state index is 11.5. The molecule has 4 nitrogen and oxygen atoms in total. The van der Waals surface area contributed by atoms with Crippen molar-refractivity contribution in [1.82, 2.24) is 4.57 Å². The van der Waals surface area contributed by atoms with Crippen LogP contribution in [0.2, 0.25) is 0 Å². The SMILES string of the molecule is CCCCCCc1cc(-c2cc(CCCCCC)c(-c3ccc(-c4ccc5c(c4)c4ccccc4n5CC)s3)s2)sc1-c1ccc(/C=C(\C#N)C(=O)O)s1. The number of hydrogen-bond acceptors (Lipinski definition) is 6. The highest BCUT2D eigenvalue weighted by Gasteiger charge is 2.20. The van der Waals surface area contributed by atoms with Crippen LogP contribution >= 0.6 is 45.3 Å². The fourth-order valence-electron chi connectivity index (χ4n) is 7.37. The molecule has 0 amide bonds. The average molecular weight is 787 g/mol. The maximum Gasteiger partial charge on any atom is 0.346 e. The third kappa shape index (κ3) is 8.06. The van der Waals surface area contributed by atoms with Gasteiger partial charge >= 0.3 is 5.97 Å². The van der Waals surface area contributed by atoms with Gasteiger partial charge in [0.25, 0.3) is 0 Å². The Kier molecular flexibility index (Phi) is 12.3. The van der Waals surface area contributed by atoms with Gasteiger partial charge in [0.2, 0.25) is 0 Å². The van der Waals surface area contributed by atoms with E-state index in [9.17, 15) is 15.2 Å². The van der Waals surface area contributed by atoms with E-state index in [4.69, 9.17) is 0 Å². The molecule has 1 N–H and O–H groups in total. The number of carboxylic acids is 1. The zero-order chi connectivity index (χ0) is 37.6. The number of carboxylic acid groups (broad SMARTS) is 1. The minimum absolute atomic E-state index is 0.242. The van der Waals surface area contributed by atoms with E-state index in [0.29, 0.717) is 0 Å². The van der Waals surface area contributed by atoms with Crippen LogP contribution in [0.4, 0.5) is 0 Å². The smallest absolute Gasteiger partial charge is 0.346 e. The highest BCUT2D eigenvalue weighted by atomic mass is 32.1. The summed E-state index contributed by atoms with van der Waals surface area (Å²) in [6, 6.07) is 31.1. The molecule has 7 rings (SSSR count). The maximum atomic E-state index is 11.5. The van der Waals surface area contributed by atoms with Gasteiger partial charge in [-0.15, -0.1) is 45.3 Å². The lowest BCUT2D eigenvalue weighted by Gasteiger charge is -2.04. The van der Waals surface area contributed by atoms with Gasteiger partial charge < -0.3 is 9.67 Å². The van der Waals surface area contributed by atoms with Crippen LogP contribution in [-0.4, -0.2) is 15.6 Å². The fourth-order valence-corrected chi connectivity index (χ4v) is 12.1. The summed E-state index contributed by atoms with van der Waals surface area (Å²) in [5.74, 6) is -1.19. The monoisotopic (exact) mass is 786 g/mol. The number of rotatable bonds is 17. The minimum atomic E-state index is -1.19. The zero-order valence-corrected chi connectivity index (χ0v) is 34.5. The van der Waals surface area contributed by atoms with E-state index in [1.54, 1.807) is 11.3 Å². The third-order valence-electron chi connectivity index (χ3n) is 10.2. The van der Waals surface area contributed by atoms with Crippen molar-refractivity contribution in [2.75, 3.05) is 0 Å². The van der Waals surface area contributed by atoms with Crippen molar-refractivity contribution < 1.29 is 9.90 Å². The molecule has 0 aliphatic rings. The van der Waals surface area contributed by atoms with Crippen molar-refractivity contribution in [3.63, 3.8) is 0 Å². The number of nitriles is 1. The third-order valence-corrected chi connectivity index (χ3v) is 15.2. The highest BCUT2D eigenvalue weighted by molar-refractivity contribution is 7.29. The summed E-state index contributed by atoms with van der Waals surface area (Å²) in [4.78, 5) is 21.3. The molecule has 5 aromatic heterocycles. The van der Waals surface area contributed by atoms with Crippen LogP contribution < -0.4 is 0 Å². The van der Waals surface area contributed by atoms with Gasteiger partial charge in [0.1, 0.15) is 11.6 Å². The largest absolute Gasteiger partial charge is 0.477 e. The zero-order valence-electron chi connectivity index (χ0n) is 31.2. The second-order valence-electron chi connectivity index (χ2n) is 13.9. The quantitative estimate of drug-likeness (QED) is 0.0568. The lowest BCUT2D eigenvalue weighted by atomic mass is 10.0. The van der Waals surface area contributed by atoms with Crippen molar-refractivity contribution in [2.45, 2.75) is 91.5 Å². The number of unbranched alkanes of at least 4 members (excludes halogenated alkanes) is 6. The number of thiophene rings is 4. The molecule has 0 radical (unpaired) electrons. The van der Waals surface area contributed by atoms with E-state index >= 15 is 0 Å². The molecule has 0 spiro atoms. The molecule has 276 valence electrons. The van der Waals surface area contributed by atoms with Crippen LogP contribution in [0.25, 0.3) is 67.6 Å². The summed E-state index contributed by atoms with van der Waals surface area (Å²) < 4.78 is 2.41. The summed E-state index contributed by atoms with van der Waals surface area (Å²) in [6.07, 6.45) is 13.3. The first kappa shape index (κ1) is 38.0. The second kappa shape index (κ2) is 17.5. The van der Waals surface area contributed by atoms with Gasteiger partial charge in [-0.25, -0.2) is 4.79 Å². The van der Waals surface area contributed by atoms with E-state index in [1.165, 1.54) is 119 Å². The molecule has 2 aromatic carbocycles. The number of carbonyl (C=O) groups is 1. The van der Waals surface area contributed by atoms with Crippen LogP contribution in [0, 0.1) is 11.3 Å². The standard InChI is InChI=1S/C46H46N2O2S4/c1-4-7-9-11-15-31-27-42(53-44(31)40-22-20-34(51-40)25-33(29-47)46(49)50)43-28-32(16-12-10-8-5-2)45(54-43)41-24-23-39(52-41)30-19-21-38-36(26-30)35-17-13-14-18-37(35)48(38)6-3/h13-14,17-28H,4-12,15-16H2,1-3H3,(H,49,50)/b33-25+. The normalized spacial score (nSPS) is 11.9. The van der Waals surface area contributed by atoms with Gasteiger partial charge in [0.05, 0.1) is 0 Å². The number of aromatic nitrogens is 1. The van der Waals surface area contributed by atoms with Gasteiger partial charge in [-0.05, 0) is 110 Å². The average Bonchev–Trinajstić information content (AvgIpc) is 4.03. The number of para-hydroxylation sites is 1. The molecule has 5 heterocycles. The molecule has 0 atom stereocenters. The first-order chi connectivity index (χ1) is 26.4. The van der Waals surface area contributed by atoms with Crippen molar-refractivity contribution in [3.8, 4) is 45.8 Å². The molecular formula is C46H46N2O2S4. The Morgan fingerprint density at radius 2 is 1.28 bits per heavy atom. The molecule has 7 aromatic rings. The van der Waals surface area contributed by atoms with Gasteiger partial charge in [-0.3, -0.25) is 0 Å². The van der Waals surface area contributed by atoms with E-state index in [-0.39, 0.29) is 5.57 Å². The van der Waals surface area contributed by atoms with E-state index in [0.717, 1.165) is 35.6 Å². The second-order valence-corrected chi connectivity index (χ2v) is 18.2. The van der Waals surface area contributed by atoms with Crippen LogP contribution in [0.1, 0.15) is 88.1 Å². The Balaban J connectivity index is 1.25. The molecule has 0 aliphatic heterocycles. The summed E-state index contributed by atoms with van der Waals surface area (Å²) >= 11 is 7.24. The first-order valence-electron chi connectivity index (χ1n) is 19.2. The predicted octanol–water partition coefficient (Wildman–Crippen LogP) is 15.0. The first-order valence-corrected chi connectivity index (χ1v) is 22.5. The Bertz CT molecular complexity index is 2480. The predicted molar refractivity (Wildman–Crippen MR) is 235 cm³/mol. The molecular weight excluding hydrogens is 741 g/mol. The molecule has 8 heteroatoms. The minimum Gasteiger partial charge on any atom is -0.477 e. The Hall–Kier alpha value is -4.26.